The smallest absolute Gasteiger partial charge is 0.407 e. The maximum atomic E-state index is 11.0. The molecular weight excluding hydrogens is 254 g/mol. The Labute approximate surface area is 120 Å². The fourth-order valence-corrected chi connectivity index (χ4v) is 2.93. The van der Waals surface area contributed by atoms with E-state index in [9.17, 15) is 4.79 Å². The highest BCUT2D eigenvalue weighted by atomic mass is 16.5. The first kappa shape index (κ1) is 14.7. The standard InChI is InChI=1S/C16H23NO3/c1-11(2)15-10-13(20-3)4-5-14(15)12-6-8-17(9-7-12)16(18)19/h4-5,10-12H,6-9H2,1-3H3,(H,18,19). The number of ether oxygens (including phenoxy) is 1. The van der Waals surface area contributed by atoms with E-state index in [2.05, 4.69) is 26.0 Å². The van der Waals surface area contributed by atoms with Crippen molar-refractivity contribution >= 4 is 6.09 Å². The predicted octanol–water partition coefficient (Wildman–Crippen LogP) is 3.68. The molecule has 0 bridgehead atoms. The van der Waals surface area contributed by atoms with Gasteiger partial charge in [0, 0.05) is 13.1 Å². The molecule has 4 heteroatoms. The van der Waals surface area contributed by atoms with E-state index in [0.717, 1.165) is 18.6 Å². The first-order valence-corrected chi connectivity index (χ1v) is 7.18. The number of benzene rings is 1. The first-order chi connectivity index (χ1) is 9.52. The molecular formula is C16H23NO3. The molecule has 2 rings (SSSR count). The average molecular weight is 277 g/mol. The van der Waals surface area contributed by atoms with Crippen molar-refractivity contribution in [3.05, 3.63) is 29.3 Å². The van der Waals surface area contributed by atoms with Gasteiger partial charge in [-0.15, -0.1) is 0 Å². The molecule has 1 N–H and O–H groups in total. The highest BCUT2D eigenvalue weighted by molar-refractivity contribution is 5.65. The minimum absolute atomic E-state index is 0.442. The molecule has 0 unspecified atom stereocenters. The van der Waals surface area contributed by atoms with E-state index in [1.807, 2.05) is 6.07 Å². The van der Waals surface area contributed by atoms with E-state index >= 15 is 0 Å². The van der Waals surface area contributed by atoms with E-state index in [1.54, 1.807) is 7.11 Å². The largest absolute Gasteiger partial charge is 0.497 e. The molecule has 1 aliphatic heterocycles. The number of nitrogens with zero attached hydrogens (tertiary/aromatic N) is 1. The molecule has 0 atom stereocenters. The van der Waals surface area contributed by atoms with Gasteiger partial charge < -0.3 is 14.7 Å². The molecule has 1 aliphatic rings. The van der Waals surface area contributed by atoms with Crippen molar-refractivity contribution in [3.63, 3.8) is 0 Å². The lowest BCUT2D eigenvalue weighted by atomic mass is 9.83. The van der Waals surface area contributed by atoms with E-state index in [-0.39, 0.29) is 0 Å². The van der Waals surface area contributed by atoms with Gasteiger partial charge in [0.15, 0.2) is 0 Å². The molecule has 1 aromatic rings. The van der Waals surface area contributed by atoms with Crippen LogP contribution in [0.3, 0.4) is 0 Å². The second kappa shape index (κ2) is 6.16. The second-order valence-electron chi connectivity index (χ2n) is 5.69. The summed E-state index contributed by atoms with van der Waals surface area (Å²) in [7, 11) is 1.68. The average Bonchev–Trinajstić information content (AvgIpc) is 2.46. The maximum absolute atomic E-state index is 11.0. The van der Waals surface area contributed by atoms with Crippen LogP contribution in [0, 0.1) is 0 Å². The van der Waals surface area contributed by atoms with Gasteiger partial charge in [-0.1, -0.05) is 19.9 Å². The number of methoxy groups -OCH3 is 1. The second-order valence-corrected chi connectivity index (χ2v) is 5.69. The molecule has 1 heterocycles. The van der Waals surface area contributed by atoms with Gasteiger partial charge in [-0.3, -0.25) is 0 Å². The minimum atomic E-state index is -0.803. The number of carboxylic acid groups (broad SMARTS) is 1. The van der Waals surface area contributed by atoms with Crippen LogP contribution in [0.15, 0.2) is 18.2 Å². The summed E-state index contributed by atoms with van der Waals surface area (Å²) in [4.78, 5) is 12.5. The summed E-state index contributed by atoms with van der Waals surface area (Å²) in [6.07, 6.45) is 0.999. The molecule has 0 aromatic heterocycles. The van der Waals surface area contributed by atoms with E-state index in [0.29, 0.717) is 24.9 Å². The number of carbonyl (C=O) groups is 1. The van der Waals surface area contributed by atoms with Crippen LogP contribution < -0.4 is 4.74 Å². The summed E-state index contributed by atoms with van der Waals surface area (Å²) in [5, 5.41) is 9.02. The fourth-order valence-electron chi connectivity index (χ4n) is 2.93. The van der Waals surface area contributed by atoms with Crippen molar-refractivity contribution in [2.24, 2.45) is 0 Å². The number of hydrogen-bond donors (Lipinski definition) is 1. The van der Waals surface area contributed by atoms with Crippen molar-refractivity contribution in [2.75, 3.05) is 20.2 Å². The molecule has 4 nitrogen and oxygen atoms in total. The Bertz CT molecular complexity index is 477. The summed E-state index contributed by atoms with van der Waals surface area (Å²) in [6.45, 7) is 5.63. The molecule has 110 valence electrons. The highest BCUT2D eigenvalue weighted by Crippen LogP contribution is 2.35. The van der Waals surface area contributed by atoms with Crippen LogP contribution in [0.1, 0.15) is 49.7 Å². The molecule has 1 amide bonds. The Morgan fingerprint density at radius 2 is 2.00 bits per heavy atom. The van der Waals surface area contributed by atoms with Crippen molar-refractivity contribution in [2.45, 2.75) is 38.5 Å². The first-order valence-electron chi connectivity index (χ1n) is 7.18. The van der Waals surface area contributed by atoms with E-state index in [1.165, 1.54) is 16.0 Å². The van der Waals surface area contributed by atoms with Gasteiger partial charge in [-0.2, -0.15) is 0 Å². The molecule has 20 heavy (non-hydrogen) atoms. The minimum Gasteiger partial charge on any atom is -0.497 e. The molecule has 0 saturated carbocycles. The third-order valence-corrected chi connectivity index (χ3v) is 4.12. The van der Waals surface area contributed by atoms with Crippen LogP contribution in [-0.4, -0.2) is 36.3 Å². The molecule has 1 aromatic carbocycles. The van der Waals surface area contributed by atoms with E-state index in [4.69, 9.17) is 9.84 Å². The van der Waals surface area contributed by atoms with Crippen LogP contribution in [-0.2, 0) is 0 Å². The summed E-state index contributed by atoms with van der Waals surface area (Å²) >= 11 is 0. The third-order valence-electron chi connectivity index (χ3n) is 4.12. The Hall–Kier alpha value is -1.71. The summed E-state index contributed by atoms with van der Waals surface area (Å²) in [6, 6.07) is 6.27. The monoisotopic (exact) mass is 277 g/mol. The van der Waals surface area contributed by atoms with Crippen molar-refractivity contribution in [3.8, 4) is 5.75 Å². The quantitative estimate of drug-likeness (QED) is 0.917. The predicted molar refractivity (Wildman–Crippen MR) is 78.7 cm³/mol. The number of likely N-dealkylation sites (tertiary alicyclic amines) is 1. The van der Waals surface area contributed by atoms with Crippen LogP contribution in [0.2, 0.25) is 0 Å². The molecule has 1 fully saturated rings. The SMILES string of the molecule is COc1ccc(C2CCN(C(=O)O)CC2)c(C(C)C)c1. The van der Waals surface area contributed by atoms with Crippen molar-refractivity contribution < 1.29 is 14.6 Å². The Kier molecular flexibility index (Phi) is 4.53. The Morgan fingerprint density at radius 1 is 1.35 bits per heavy atom. The summed E-state index contributed by atoms with van der Waals surface area (Å²) < 4.78 is 5.31. The van der Waals surface area contributed by atoms with Crippen LogP contribution in [0.5, 0.6) is 5.75 Å². The van der Waals surface area contributed by atoms with Crippen molar-refractivity contribution in [1.82, 2.24) is 4.90 Å². The van der Waals surface area contributed by atoms with Crippen molar-refractivity contribution in [1.29, 1.82) is 0 Å². The number of piperidine rings is 1. The lowest BCUT2D eigenvalue weighted by molar-refractivity contribution is 0.132. The molecule has 1 saturated heterocycles. The number of rotatable bonds is 3. The zero-order chi connectivity index (χ0) is 14.7. The molecule has 0 aliphatic carbocycles. The van der Waals surface area contributed by atoms with Gasteiger partial charge in [-0.05, 0) is 47.9 Å². The van der Waals surface area contributed by atoms with Gasteiger partial charge in [0.25, 0.3) is 0 Å². The molecule has 0 spiro atoms. The lowest BCUT2D eigenvalue weighted by Gasteiger charge is -2.32. The van der Waals surface area contributed by atoms with Gasteiger partial charge in [0.2, 0.25) is 0 Å². The van der Waals surface area contributed by atoms with Gasteiger partial charge in [-0.25, -0.2) is 4.79 Å². The number of hydrogen-bond acceptors (Lipinski definition) is 2. The van der Waals surface area contributed by atoms with Gasteiger partial charge in [0.05, 0.1) is 7.11 Å². The Morgan fingerprint density at radius 3 is 2.50 bits per heavy atom. The molecule has 0 radical (unpaired) electrons. The normalized spacial score (nSPS) is 16.5. The zero-order valence-corrected chi connectivity index (χ0v) is 12.4. The highest BCUT2D eigenvalue weighted by Gasteiger charge is 2.25. The van der Waals surface area contributed by atoms with Crippen LogP contribution in [0.25, 0.3) is 0 Å². The topological polar surface area (TPSA) is 49.8 Å². The fraction of sp³-hybridized carbons (Fsp3) is 0.562. The zero-order valence-electron chi connectivity index (χ0n) is 12.4. The summed E-state index contributed by atoms with van der Waals surface area (Å²) in [5.74, 6) is 1.78. The lowest BCUT2D eigenvalue weighted by Crippen LogP contribution is -2.37. The maximum Gasteiger partial charge on any atom is 0.407 e. The van der Waals surface area contributed by atoms with Gasteiger partial charge >= 0.3 is 6.09 Å². The summed E-state index contributed by atoms with van der Waals surface area (Å²) in [5.41, 5.74) is 2.67. The third kappa shape index (κ3) is 3.06. The Balaban J connectivity index is 2.19. The van der Waals surface area contributed by atoms with Crippen LogP contribution >= 0.6 is 0 Å². The van der Waals surface area contributed by atoms with Crippen LogP contribution in [0.4, 0.5) is 4.79 Å². The number of amides is 1. The van der Waals surface area contributed by atoms with E-state index < -0.39 is 6.09 Å². The van der Waals surface area contributed by atoms with Gasteiger partial charge in [0.1, 0.15) is 5.75 Å².